The number of rotatable bonds is 5. The number of carbonyl (C=O) groups is 1. The van der Waals surface area contributed by atoms with E-state index in [1.54, 1.807) is 0 Å². The van der Waals surface area contributed by atoms with Gasteiger partial charge in [-0.05, 0) is 26.2 Å². The van der Waals surface area contributed by atoms with Crippen molar-refractivity contribution in [3.05, 3.63) is 0 Å². The van der Waals surface area contributed by atoms with Crippen LogP contribution in [0.4, 0.5) is 0 Å². The number of hydrogen-bond donors (Lipinski definition) is 2. The normalized spacial score (nSPS) is 21.4. The summed E-state index contributed by atoms with van der Waals surface area (Å²) in [5.41, 5.74) is 5.87. The lowest BCUT2D eigenvalue weighted by molar-refractivity contribution is -0.124. The highest BCUT2D eigenvalue weighted by atomic mass is 16.2. The Hall–Kier alpha value is -0.570. The van der Waals surface area contributed by atoms with Crippen LogP contribution in [0.25, 0.3) is 0 Å². The minimum absolute atomic E-state index is 0.000825. The highest BCUT2D eigenvalue weighted by molar-refractivity contribution is 5.82. The van der Waals surface area contributed by atoms with Gasteiger partial charge in [0.15, 0.2) is 0 Å². The maximum Gasteiger partial charge on any atom is 0.237 e. The zero-order valence-corrected chi connectivity index (χ0v) is 10.7. The maximum atomic E-state index is 11.9. The molecule has 16 heavy (non-hydrogen) atoms. The van der Waals surface area contributed by atoms with Crippen LogP contribution in [0.15, 0.2) is 0 Å². The SMILES string of the molecule is CCCCC(N)C(=O)NC1(C)CCCCC1. The van der Waals surface area contributed by atoms with Gasteiger partial charge in [-0.3, -0.25) is 4.79 Å². The minimum Gasteiger partial charge on any atom is -0.350 e. The zero-order chi connectivity index (χ0) is 12.0. The van der Waals surface area contributed by atoms with Gasteiger partial charge in [0.2, 0.25) is 5.91 Å². The Labute approximate surface area is 99.2 Å². The first-order valence-electron chi connectivity index (χ1n) is 6.65. The van der Waals surface area contributed by atoms with Crippen LogP contribution in [0.1, 0.15) is 65.2 Å². The summed E-state index contributed by atoms with van der Waals surface area (Å²) >= 11 is 0. The standard InChI is InChI=1S/C13H26N2O/c1-3-4-8-11(14)12(16)15-13(2)9-6-5-7-10-13/h11H,3-10,14H2,1-2H3,(H,15,16). The molecular weight excluding hydrogens is 200 g/mol. The lowest BCUT2D eigenvalue weighted by Gasteiger charge is -2.35. The Morgan fingerprint density at radius 1 is 1.38 bits per heavy atom. The highest BCUT2D eigenvalue weighted by Gasteiger charge is 2.29. The third-order valence-corrected chi connectivity index (χ3v) is 3.59. The molecule has 0 bridgehead atoms. The molecule has 3 N–H and O–H groups in total. The number of hydrogen-bond acceptors (Lipinski definition) is 2. The maximum absolute atomic E-state index is 11.9. The molecule has 0 spiro atoms. The van der Waals surface area contributed by atoms with E-state index >= 15 is 0 Å². The van der Waals surface area contributed by atoms with Crippen molar-refractivity contribution in [2.75, 3.05) is 0 Å². The zero-order valence-electron chi connectivity index (χ0n) is 10.7. The molecule has 0 saturated heterocycles. The summed E-state index contributed by atoms with van der Waals surface area (Å²) < 4.78 is 0. The van der Waals surface area contributed by atoms with E-state index in [0.29, 0.717) is 0 Å². The molecule has 0 aromatic rings. The Bertz CT molecular complexity index is 222. The average Bonchev–Trinajstić information content (AvgIpc) is 2.26. The van der Waals surface area contributed by atoms with E-state index in [9.17, 15) is 4.79 Å². The summed E-state index contributed by atoms with van der Waals surface area (Å²) in [4.78, 5) is 11.9. The van der Waals surface area contributed by atoms with Gasteiger partial charge >= 0.3 is 0 Å². The summed E-state index contributed by atoms with van der Waals surface area (Å²) in [5.74, 6) is 0.0397. The van der Waals surface area contributed by atoms with Gasteiger partial charge in [-0.25, -0.2) is 0 Å². The lowest BCUT2D eigenvalue weighted by Crippen LogP contribution is -2.52. The van der Waals surface area contributed by atoms with E-state index in [0.717, 1.165) is 32.1 Å². The quantitative estimate of drug-likeness (QED) is 0.756. The first-order chi connectivity index (χ1) is 7.57. The van der Waals surface area contributed by atoms with Crippen LogP contribution in [0, 0.1) is 0 Å². The number of carbonyl (C=O) groups excluding carboxylic acids is 1. The molecule has 1 atom stereocenters. The van der Waals surface area contributed by atoms with Crippen molar-refractivity contribution in [1.29, 1.82) is 0 Å². The van der Waals surface area contributed by atoms with Crippen LogP contribution in [0.3, 0.4) is 0 Å². The second-order valence-corrected chi connectivity index (χ2v) is 5.36. The van der Waals surface area contributed by atoms with Crippen LogP contribution in [-0.2, 0) is 4.79 Å². The van der Waals surface area contributed by atoms with Crippen molar-refractivity contribution < 1.29 is 4.79 Å². The van der Waals surface area contributed by atoms with Gasteiger partial charge in [0.05, 0.1) is 6.04 Å². The Balaban J connectivity index is 2.36. The summed E-state index contributed by atoms with van der Waals surface area (Å²) in [7, 11) is 0. The van der Waals surface area contributed by atoms with Gasteiger partial charge in [-0.15, -0.1) is 0 Å². The molecule has 3 heteroatoms. The van der Waals surface area contributed by atoms with Gasteiger partial charge in [-0.2, -0.15) is 0 Å². The molecule has 0 aromatic carbocycles. The first-order valence-corrected chi connectivity index (χ1v) is 6.65. The monoisotopic (exact) mass is 226 g/mol. The van der Waals surface area contributed by atoms with Crippen LogP contribution in [0.2, 0.25) is 0 Å². The smallest absolute Gasteiger partial charge is 0.237 e. The van der Waals surface area contributed by atoms with E-state index in [4.69, 9.17) is 5.73 Å². The van der Waals surface area contributed by atoms with E-state index in [1.807, 2.05) is 0 Å². The summed E-state index contributed by atoms with van der Waals surface area (Å²) in [6.45, 7) is 4.27. The predicted octanol–water partition coefficient (Wildman–Crippen LogP) is 2.34. The molecule has 0 aromatic heterocycles. The molecule has 1 amide bonds. The fourth-order valence-corrected chi connectivity index (χ4v) is 2.40. The van der Waals surface area contributed by atoms with Gasteiger partial charge in [0.1, 0.15) is 0 Å². The van der Waals surface area contributed by atoms with Crippen LogP contribution < -0.4 is 11.1 Å². The van der Waals surface area contributed by atoms with Gasteiger partial charge in [-0.1, -0.05) is 39.0 Å². The van der Waals surface area contributed by atoms with Crippen molar-refractivity contribution in [3.8, 4) is 0 Å². The average molecular weight is 226 g/mol. The molecule has 1 aliphatic carbocycles. The van der Waals surface area contributed by atoms with Gasteiger partial charge in [0, 0.05) is 5.54 Å². The topological polar surface area (TPSA) is 55.1 Å². The molecule has 1 rings (SSSR count). The van der Waals surface area contributed by atoms with Crippen LogP contribution in [-0.4, -0.2) is 17.5 Å². The predicted molar refractivity (Wildman–Crippen MR) is 67.1 cm³/mol. The molecule has 0 radical (unpaired) electrons. The van der Waals surface area contributed by atoms with Crippen molar-refractivity contribution in [3.63, 3.8) is 0 Å². The fourth-order valence-electron chi connectivity index (χ4n) is 2.40. The Kier molecular flexibility index (Phi) is 5.26. The summed E-state index contributed by atoms with van der Waals surface area (Å²) in [6.07, 6.45) is 8.87. The minimum atomic E-state index is -0.321. The fraction of sp³-hybridized carbons (Fsp3) is 0.923. The number of nitrogens with two attached hydrogens (primary N) is 1. The van der Waals surface area contributed by atoms with Gasteiger partial charge < -0.3 is 11.1 Å². The second kappa shape index (κ2) is 6.24. The number of nitrogens with one attached hydrogen (secondary N) is 1. The Morgan fingerprint density at radius 3 is 2.56 bits per heavy atom. The van der Waals surface area contributed by atoms with Crippen molar-refractivity contribution in [1.82, 2.24) is 5.32 Å². The van der Waals surface area contributed by atoms with E-state index in [1.165, 1.54) is 19.3 Å². The number of unbranched alkanes of at least 4 members (excludes halogenated alkanes) is 1. The third kappa shape index (κ3) is 4.12. The summed E-state index contributed by atoms with van der Waals surface area (Å²) in [5, 5.41) is 3.14. The van der Waals surface area contributed by atoms with Crippen LogP contribution in [0.5, 0.6) is 0 Å². The molecule has 0 heterocycles. The van der Waals surface area contributed by atoms with Crippen molar-refractivity contribution in [2.24, 2.45) is 5.73 Å². The molecule has 3 nitrogen and oxygen atoms in total. The lowest BCUT2D eigenvalue weighted by atomic mass is 9.83. The largest absolute Gasteiger partial charge is 0.350 e. The number of amides is 1. The second-order valence-electron chi connectivity index (χ2n) is 5.36. The highest BCUT2D eigenvalue weighted by Crippen LogP contribution is 2.27. The van der Waals surface area contributed by atoms with E-state index in [-0.39, 0.29) is 17.5 Å². The van der Waals surface area contributed by atoms with E-state index in [2.05, 4.69) is 19.2 Å². The third-order valence-electron chi connectivity index (χ3n) is 3.59. The molecule has 1 saturated carbocycles. The molecule has 1 unspecified atom stereocenters. The molecule has 1 aliphatic rings. The van der Waals surface area contributed by atoms with Crippen molar-refractivity contribution in [2.45, 2.75) is 76.8 Å². The molecule has 1 fully saturated rings. The van der Waals surface area contributed by atoms with Crippen molar-refractivity contribution >= 4 is 5.91 Å². The van der Waals surface area contributed by atoms with Gasteiger partial charge in [0.25, 0.3) is 0 Å². The molecule has 0 aliphatic heterocycles. The molecule has 94 valence electrons. The molecular formula is C13H26N2O. The first kappa shape index (κ1) is 13.5. The summed E-state index contributed by atoms with van der Waals surface area (Å²) in [6, 6.07) is -0.321. The van der Waals surface area contributed by atoms with Crippen LogP contribution >= 0.6 is 0 Å². The van der Waals surface area contributed by atoms with E-state index < -0.39 is 0 Å². The Morgan fingerprint density at radius 2 is 2.00 bits per heavy atom.